The SMILES string of the molecule is CCOC(=O)CCC(=O)N1CCCC1C(=O)Nc1ccccc1-c1ccccc1. The number of para-hydroxylation sites is 1. The molecule has 1 saturated heterocycles. The van der Waals surface area contributed by atoms with Crippen LogP contribution < -0.4 is 5.32 Å². The molecule has 2 amide bonds. The smallest absolute Gasteiger partial charge is 0.306 e. The number of esters is 1. The molecule has 3 rings (SSSR count). The van der Waals surface area contributed by atoms with Crippen LogP contribution in [-0.2, 0) is 19.1 Å². The molecular weight excluding hydrogens is 368 g/mol. The minimum atomic E-state index is -0.520. The van der Waals surface area contributed by atoms with E-state index in [1.54, 1.807) is 11.8 Å². The van der Waals surface area contributed by atoms with Gasteiger partial charge in [-0.15, -0.1) is 0 Å². The van der Waals surface area contributed by atoms with E-state index in [4.69, 9.17) is 4.74 Å². The topological polar surface area (TPSA) is 75.7 Å². The molecule has 0 aliphatic carbocycles. The van der Waals surface area contributed by atoms with Crippen LogP contribution in [0.25, 0.3) is 11.1 Å². The van der Waals surface area contributed by atoms with Gasteiger partial charge in [-0.05, 0) is 31.4 Å². The first-order chi connectivity index (χ1) is 14.1. The van der Waals surface area contributed by atoms with Crippen LogP contribution in [0.15, 0.2) is 54.6 Å². The number of ether oxygens (including phenoxy) is 1. The molecular formula is C23H26N2O4. The van der Waals surface area contributed by atoms with Crippen molar-refractivity contribution in [1.82, 2.24) is 4.90 Å². The number of rotatable bonds is 7. The van der Waals surface area contributed by atoms with Crippen LogP contribution in [0.1, 0.15) is 32.6 Å². The molecule has 2 aromatic carbocycles. The quantitative estimate of drug-likeness (QED) is 0.728. The zero-order chi connectivity index (χ0) is 20.6. The molecule has 1 unspecified atom stereocenters. The van der Waals surface area contributed by atoms with Crippen molar-refractivity contribution in [3.8, 4) is 11.1 Å². The number of anilines is 1. The van der Waals surface area contributed by atoms with Gasteiger partial charge in [-0.1, -0.05) is 48.5 Å². The van der Waals surface area contributed by atoms with Crippen molar-refractivity contribution in [2.45, 2.75) is 38.6 Å². The highest BCUT2D eigenvalue weighted by atomic mass is 16.5. The van der Waals surface area contributed by atoms with Gasteiger partial charge in [-0.2, -0.15) is 0 Å². The summed E-state index contributed by atoms with van der Waals surface area (Å²) in [5, 5.41) is 3.00. The highest BCUT2D eigenvalue weighted by Gasteiger charge is 2.34. The summed E-state index contributed by atoms with van der Waals surface area (Å²) in [6.07, 6.45) is 1.48. The van der Waals surface area contributed by atoms with Gasteiger partial charge in [0.25, 0.3) is 0 Å². The summed E-state index contributed by atoms with van der Waals surface area (Å²) in [5.41, 5.74) is 2.66. The van der Waals surface area contributed by atoms with Crippen molar-refractivity contribution < 1.29 is 19.1 Å². The number of benzene rings is 2. The van der Waals surface area contributed by atoms with Crippen molar-refractivity contribution in [2.24, 2.45) is 0 Å². The van der Waals surface area contributed by atoms with E-state index in [2.05, 4.69) is 5.32 Å². The summed E-state index contributed by atoms with van der Waals surface area (Å²) in [6.45, 7) is 2.55. The lowest BCUT2D eigenvalue weighted by Gasteiger charge is -2.24. The predicted molar refractivity (Wildman–Crippen MR) is 111 cm³/mol. The van der Waals surface area contributed by atoms with Gasteiger partial charge < -0.3 is 15.0 Å². The number of nitrogens with one attached hydrogen (secondary N) is 1. The number of likely N-dealkylation sites (tertiary alicyclic amines) is 1. The Kier molecular flexibility index (Phi) is 7.00. The third-order valence-electron chi connectivity index (χ3n) is 4.99. The highest BCUT2D eigenvalue weighted by molar-refractivity contribution is 6.00. The van der Waals surface area contributed by atoms with E-state index in [0.29, 0.717) is 19.6 Å². The number of hydrogen-bond acceptors (Lipinski definition) is 4. The normalized spacial score (nSPS) is 15.8. The summed E-state index contributed by atoms with van der Waals surface area (Å²) in [4.78, 5) is 38.6. The van der Waals surface area contributed by atoms with E-state index >= 15 is 0 Å². The van der Waals surface area contributed by atoms with Crippen LogP contribution in [0.3, 0.4) is 0 Å². The van der Waals surface area contributed by atoms with Gasteiger partial charge >= 0.3 is 5.97 Å². The Balaban J connectivity index is 1.68. The van der Waals surface area contributed by atoms with E-state index in [1.807, 2.05) is 54.6 Å². The molecule has 0 saturated carbocycles. The second-order valence-electron chi connectivity index (χ2n) is 6.95. The molecule has 2 aromatic rings. The molecule has 0 radical (unpaired) electrons. The van der Waals surface area contributed by atoms with Gasteiger partial charge in [0.15, 0.2) is 0 Å². The lowest BCUT2D eigenvalue weighted by Crippen LogP contribution is -2.43. The van der Waals surface area contributed by atoms with E-state index in [1.165, 1.54) is 0 Å². The Labute approximate surface area is 170 Å². The molecule has 0 aromatic heterocycles. The fraction of sp³-hybridized carbons (Fsp3) is 0.348. The van der Waals surface area contributed by atoms with Crippen molar-refractivity contribution in [3.05, 3.63) is 54.6 Å². The Hall–Kier alpha value is -3.15. The van der Waals surface area contributed by atoms with Gasteiger partial charge in [0.1, 0.15) is 6.04 Å². The summed E-state index contributed by atoms with van der Waals surface area (Å²) in [7, 11) is 0. The number of amides is 2. The maximum Gasteiger partial charge on any atom is 0.306 e. The van der Waals surface area contributed by atoms with E-state index in [-0.39, 0.29) is 24.7 Å². The highest BCUT2D eigenvalue weighted by Crippen LogP contribution is 2.29. The van der Waals surface area contributed by atoms with Crippen LogP contribution in [0.4, 0.5) is 5.69 Å². The summed E-state index contributed by atoms with van der Waals surface area (Å²) >= 11 is 0. The Morgan fingerprint density at radius 3 is 2.52 bits per heavy atom. The molecule has 6 nitrogen and oxygen atoms in total. The number of carbonyl (C=O) groups is 3. The van der Waals surface area contributed by atoms with Crippen LogP contribution in [0, 0.1) is 0 Å². The first-order valence-corrected chi connectivity index (χ1v) is 10.0. The van der Waals surface area contributed by atoms with Crippen LogP contribution >= 0.6 is 0 Å². The number of hydrogen-bond donors (Lipinski definition) is 1. The second kappa shape index (κ2) is 9.87. The van der Waals surface area contributed by atoms with E-state index in [9.17, 15) is 14.4 Å². The van der Waals surface area contributed by atoms with Crippen molar-refractivity contribution in [2.75, 3.05) is 18.5 Å². The molecule has 0 spiro atoms. The van der Waals surface area contributed by atoms with Crippen LogP contribution in [0.5, 0.6) is 0 Å². The number of nitrogens with zero attached hydrogens (tertiary/aromatic N) is 1. The Morgan fingerprint density at radius 1 is 1.03 bits per heavy atom. The monoisotopic (exact) mass is 394 g/mol. The Bertz CT molecular complexity index is 866. The molecule has 1 aliphatic rings. The summed E-state index contributed by atoms with van der Waals surface area (Å²) < 4.78 is 4.87. The summed E-state index contributed by atoms with van der Waals surface area (Å²) in [6, 6.07) is 16.9. The Morgan fingerprint density at radius 2 is 1.76 bits per heavy atom. The molecule has 1 atom stereocenters. The summed E-state index contributed by atoms with van der Waals surface area (Å²) in [5.74, 6) is -0.778. The predicted octanol–water partition coefficient (Wildman–Crippen LogP) is 3.63. The van der Waals surface area contributed by atoms with Crippen LogP contribution in [0.2, 0.25) is 0 Å². The third-order valence-corrected chi connectivity index (χ3v) is 4.99. The first-order valence-electron chi connectivity index (χ1n) is 10.0. The maximum absolute atomic E-state index is 13.0. The molecule has 1 aliphatic heterocycles. The van der Waals surface area contributed by atoms with Gasteiger partial charge in [-0.25, -0.2) is 0 Å². The maximum atomic E-state index is 13.0. The molecule has 0 bridgehead atoms. The zero-order valence-corrected chi connectivity index (χ0v) is 16.6. The zero-order valence-electron chi connectivity index (χ0n) is 16.6. The van der Waals surface area contributed by atoms with Gasteiger partial charge in [-0.3, -0.25) is 14.4 Å². The van der Waals surface area contributed by atoms with E-state index in [0.717, 1.165) is 23.2 Å². The average molecular weight is 394 g/mol. The lowest BCUT2D eigenvalue weighted by molar-refractivity contribution is -0.146. The minimum Gasteiger partial charge on any atom is -0.466 e. The average Bonchev–Trinajstić information content (AvgIpc) is 3.23. The van der Waals surface area contributed by atoms with Crippen molar-refractivity contribution >= 4 is 23.5 Å². The molecule has 6 heteroatoms. The first kappa shape index (κ1) is 20.6. The fourth-order valence-electron chi connectivity index (χ4n) is 3.60. The van der Waals surface area contributed by atoms with Gasteiger partial charge in [0.2, 0.25) is 11.8 Å². The molecule has 1 N–H and O–H groups in total. The molecule has 1 heterocycles. The minimum absolute atomic E-state index is 0.0361. The fourth-order valence-corrected chi connectivity index (χ4v) is 3.60. The van der Waals surface area contributed by atoms with Crippen LogP contribution in [-0.4, -0.2) is 41.9 Å². The molecule has 29 heavy (non-hydrogen) atoms. The standard InChI is InChI=1S/C23H26N2O4/c1-2-29-22(27)15-14-21(26)25-16-8-13-20(25)23(28)24-19-12-7-6-11-18(19)17-9-4-3-5-10-17/h3-7,9-12,20H,2,8,13-16H2,1H3,(H,24,28). The van der Waals surface area contributed by atoms with Gasteiger partial charge in [0, 0.05) is 24.2 Å². The van der Waals surface area contributed by atoms with Gasteiger partial charge in [0.05, 0.1) is 13.0 Å². The van der Waals surface area contributed by atoms with Crippen molar-refractivity contribution in [1.29, 1.82) is 0 Å². The third kappa shape index (κ3) is 5.22. The second-order valence-corrected chi connectivity index (χ2v) is 6.95. The van der Waals surface area contributed by atoms with Crippen molar-refractivity contribution in [3.63, 3.8) is 0 Å². The largest absolute Gasteiger partial charge is 0.466 e. The number of carbonyl (C=O) groups excluding carboxylic acids is 3. The molecule has 1 fully saturated rings. The van der Waals surface area contributed by atoms with E-state index < -0.39 is 12.0 Å². The lowest BCUT2D eigenvalue weighted by atomic mass is 10.0. The molecule has 152 valence electrons.